The molecule has 2 N–H and O–H groups in total. The molecular weight excluding hydrogens is 158 g/mol. The Bertz CT molecular complexity index is 270. The lowest BCUT2D eigenvalue weighted by atomic mass is 10.4. The zero-order valence-electron chi connectivity index (χ0n) is 6.61. The number of carboxylic acids is 1. The van der Waals surface area contributed by atoms with Crippen LogP contribution in [0.1, 0.15) is 5.69 Å². The maximum absolute atomic E-state index is 10.1. The summed E-state index contributed by atoms with van der Waals surface area (Å²) in [6, 6.07) is 3.45. The largest absolute Gasteiger partial charge is 0.480 e. The second-order valence-corrected chi connectivity index (χ2v) is 2.31. The lowest BCUT2D eigenvalue weighted by molar-refractivity contribution is -0.134. The molecule has 0 aromatic carbocycles. The van der Waals surface area contributed by atoms with Crippen LogP contribution in [0.5, 0.6) is 0 Å². The van der Waals surface area contributed by atoms with Gasteiger partial charge in [0.1, 0.15) is 12.4 Å². The molecule has 0 aliphatic carbocycles. The van der Waals surface area contributed by atoms with Gasteiger partial charge in [0.15, 0.2) is 0 Å². The molecule has 0 unspecified atom stereocenters. The second-order valence-electron chi connectivity index (χ2n) is 2.31. The Morgan fingerprint density at radius 1 is 1.58 bits per heavy atom. The van der Waals surface area contributed by atoms with E-state index in [9.17, 15) is 4.79 Å². The van der Waals surface area contributed by atoms with E-state index in [1.165, 1.54) is 0 Å². The lowest BCUT2D eigenvalue weighted by Crippen LogP contribution is -2.13. The molecule has 0 amide bonds. The van der Waals surface area contributed by atoms with Crippen LogP contribution in [0.3, 0.4) is 0 Å². The third-order valence-electron chi connectivity index (χ3n) is 1.22. The molecule has 0 saturated carbocycles. The highest BCUT2D eigenvalue weighted by molar-refractivity contribution is 5.72. The van der Waals surface area contributed by atoms with Gasteiger partial charge in [0.25, 0.3) is 0 Å². The number of rotatable bonds is 3. The maximum Gasteiger partial charge on any atom is 0.322 e. The quantitative estimate of drug-likeness (QED) is 0.676. The number of aryl methyl sites for hydroxylation is 1. The third kappa shape index (κ3) is 2.53. The fourth-order valence-electron chi connectivity index (χ4n) is 0.659. The van der Waals surface area contributed by atoms with Gasteiger partial charge in [-0.1, -0.05) is 0 Å². The van der Waals surface area contributed by atoms with Gasteiger partial charge in [0.05, 0.1) is 5.69 Å². The predicted octanol–water partition coefficient (Wildman–Crippen LogP) is 0.282. The average Bonchev–Trinajstić information content (AvgIpc) is 2.03. The van der Waals surface area contributed by atoms with E-state index in [2.05, 4.69) is 15.5 Å². The highest BCUT2D eigenvalue weighted by atomic mass is 16.4. The van der Waals surface area contributed by atoms with Crippen molar-refractivity contribution in [2.24, 2.45) is 0 Å². The first-order valence-electron chi connectivity index (χ1n) is 3.44. The van der Waals surface area contributed by atoms with E-state index in [0.717, 1.165) is 5.69 Å². The van der Waals surface area contributed by atoms with Gasteiger partial charge in [-0.3, -0.25) is 4.79 Å². The fourth-order valence-corrected chi connectivity index (χ4v) is 0.659. The number of hydrogen-bond donors (Lipinski definition) is 2. The summed E-state index contributed by atoms with van der Waals surface area (Å²) in [5.41, 5.74) is 0.802. The molecule has 64 valence electrons. The van der Waals surface area contributed by atoms with E-state index in [0.29, 0.717) is 5.82 Å². The van der Waals surface area contributed by atoms with E-state index in [4.69, 9.17) is 5.11 Å². The minimum absolute atomic E-state index is 0.141. The number of aromatic nitrogens is 2. The summed E-state index contributed by atoms with van der Waals surface area (Å²) in [7, 11) is 0. The second kappa shape index (κ2) is 3.66. The summed E-state index contributed by atoms with van der Waals surface area (Å²) in [5.74, 6) is -0.444. The Morgan fingerprint density at radius 3 is 2.83 bits per heavy atom. The molecule has 12 heavy (non-hydrogen) atoms. The van der Waals surface area contributed by atoms with Crippen LogP contribution in [-0.4, -0.2) is 27.8 Å². The zero-order chi connectivity index (χ0) is 8.97. The summed E-state index contributed by atoms with van der Waals surface area (Å²) in [6.07, 6.45) is 0. The maximum atomic E-state index is 10.1. The predicted molar refractivity (Wildman–Crippen MR) is 42.9 cm³/mol. The first-order valence-corrected chi connectivity index (χ1v) is 3.44. The van der Waals surface area contributed by atoms with Crippen molar-refractivity contribution in [2.75, 3.05) is 11.9 Å². The number of anilines is 1. The van der Waals surface area contributed by atoms with E-state index in [-0.39, 0.29) is 6.54 Å². The Balaban J connectivity index is 2.53. The molecule has 1 aromatic heterocycles. The average molecular weight is 167 g/mol. The molecule has 1 rings (SSSR count). The normalized spacial score (nSPS) is 9.42. The number of nitrogens with zero attached hydrogens (tertiary/aromatic N) is 2. The van der Waals surface area contributed by atoms with Crippen molar-refractivity contribution in [3.05, 3.63) is 17.8 Å². The smallest absolute Gasteiger partial charge is 0.322 e. The van der Waals surface area contributed by atoms with Crippen LogP contribution in [0.25, 0.3) is 0 Å². The standard InChI is InChI=1S/C7H9N3O2/c1-5-2-3-6(10-9-5)8-4-7(11)12/h2-3H,4H2,1H3,(H,8,10)(H,11,12). The van der Waals surface area contributed by atoms with Crippen LogP contribution >= 0.6 is 0 Å². The van der Waals surface area contributed by atoms with E-state index in [1.807, 2.05) is 6.92 Å². The Hall–Kier alpha value is -1.65. The highest BCUT2D eigenvalue weighted by Gasteiger charge is 1.97. The van der Waals surface area contributed by atoms with E-state index in [1.54, 1.807) is 12.1 Å². The molecule has 0 atom stereocenters. The van der Waals surface area contributed by atoms with Crippen molar-refractivity contribution < 1.29 is 9.90 Å². The molecule has 0 spiro atoms. The molecule has 0 radical (unpaired) electrons. The van der Waals surface area contributed by atoms with Crippen LogP contribution in [0.15, 0.2) is 12.1 Å². The molecule has 1 aromatic rings. The van der Waals surface area contributed by atoms with Gasteiger partial charge in [-0.05, 0) is 19.1 Å². The van der Waals surface area contributed by atoms with Gasteiger partial charge in [0, 0.05) is 0 Å². The summed E-state index contributed by atoms with van der Waals surface area (Å²) < 4.78 is 0. The van der Waals surface area contributed by atoms with Crippen LogP contribution in [0.2, 0.25) is 0 Å². The van der Waals surface area contributed by atoms with Crippen LogP contribution in [0.4, 0.5) is 5.82 Å². The summed E-state index contributed by atoms with van der Waals surface area (Å²) in [5, 5.41) is 18.4. The molecule has 0 saturated heterocycles. The number of aliphatic carboxylic acids is 1. The van der Waals surface area contributed by atoms with Crippen molar-refractivity contribution in [3.63, 3.8) is 0 Å². The van der Waals surface area contributed by atoms with Gasteiger partial charge in [-0.2, -0.15) is 5.10 Å². The molecule has 5 heteroatoms. The van der Waals surface area contributed by atoms with Crippen LogP contribution < -0.4 is 5.32 Å². The summed E-state index contributed by atoms with van der Waals surface area (Å²) in [6.45, 7) is 1.67. The molecule has 0 fully saturated rings. The number of carbonyl (C=O) groups is 1. The van der Waals surface area contributed by atoms with Crippen molar-refractivity contribution in [1.82, 2.24) is 10.2 Å². The van der Waals surface area contributed by atoms with Gasteiger partial charge in [0.2, 0.25) is 0 Å². The number of carboxylic acid groups (broad SMARTS) is 1. The first-order chi connectivity index (χ1) is 5.68. The lowest BCUT2D eigenvalue weighted by Gasteiger charge is -1.99. The van der Waals surface area contributed by atoms with E-state index >= 15 is 0 Å². The van der Waals surface area contributed by atoms with Crippen molar-refractivity contribution in [1.29, 1.82) is 0 Å². The van der Waals surface area contributed by atoms with Crippen LogP contribution in [-0.2, 0) is 4.79 Å². The molecule has 0 aliphatic rings. The van der Waals surface area contributed by atoms with E-state index < -0.39 is 5.97 Å². The number of hydrogen-bond acceptors (Lipinski definition) is 4. The molecule has 5 nitrogen and oxygen atoms in total. The monoisotopic (exact) mass is 167 g/mol. The van der Waals surface area contributed by atoms with Crippen molar-refractivity contribution >= 4 is 11.8 Å². The van der Waals surface area contributed by atoms with Gasteiger partial charge >= 0.3 is 5.97 Å². The zero-order valence-corrected chi connectivity index (χ0v) is 6.61. The van der Waals surface area contributed by atoms with Gasteiger partial charge < -0.3 is 10.4 Å². The van der Waals surface area contributed by atoms with Gasteiger partial charge in [-0.25, -0.2) is 0 Å². The third-order valence-corrected chi connectivity index (χ3v) is 1.22. The minimum atomic E-state index is -0.919. The number of nitrogens with one attached hydrogen (secondary N) is 1. The summed E-state index contributed by atoms with van der Waals surface area (Å²) in [4.78, 5) is 10.1. The summed E-state index contributed by atoms with van der Waals surface area (Å²) >= 11 is 0. The van der Waals surface area contributed by atoms with Crippen molar-refractivity contribution in [2.45, 2.75) is 6.92 Å². The van der Waals surface area contributed by atoms with Crippen molar-refractivity contribution in [3.8, 4) is 0 Å². The molecular formula is C7H9N3O2. The fraction of sp³-hybridized carbons (Fsp3) is 0.286. The SMILES string of the molecule is Cc1ccc(NCC(=O)O)nn1. The Labute approximate surface area is 69.4 Å². The Morgan fingerprint density at radius 2 is 2.33 bits per heavy atom. The van der Waals surface area contributed by atoms with Gasteiger partial charge in [-0.15, -0.1) is 5.10 Å². The Kier molecular flexibility index (Phi) is 2.57. The molecule has 0 bridgehead atoms. The van der Waals surface area contributed by atoms with Crippen LogP contribution in [0, 0.1) is 6.92 Å². The molecule has 0 aliphatic heterocycles. The topological polar surface area (TPSA) is 75.1 Å². The minimum Gasteiger partial charge on any atom is -0.480 e. The first kappa shape index (κ1) is 8.45. The molecule has 1 heterocycles. The highest BCUT2D eigenvalue weighted by Crippen LogP contribution is 1.99.